The fourth-order valence-electron chi connectivity index (χ4n) is 2.11. The standard InChI is InChI=1S/C17H16F3N3O2/c1-12(24)23(15-7-5-13(6-8-15)17(18,19)20)11-16(25)22-10-14-4-2-3-9-21-14/h2-9H,10-11H2,1H3,(H,22,25). The molecule has 0 radical (unpaired) electrons. The Morgan fingerprint density at radius 2 is 1.80 bits per heavy atom. The molecule has 0 unspecified atom stereocenters. The van der Waals surface area contributed by atoms with Crippen molar-refractivity contribution in [2.75, 3.05) is 11.4 Å². The van der Waals surface area contributed by atoms with Crippen LogP contribution in [0.5, 0.6) is 0 Å². The van der Waals surface area contributed by atoms with Gasteiger partial charge in [-0.1, -0.05) is 6.07 Å². The van der Waals surface area contributed by atoms with Crippen LogP contribution in [0.25, 0.3) is 0 Å². The number of carbonyl (C=O) groups is 2. The minimum Gasteiger partial charge on any atom is -0.349 e. The number of pyridine rings is 1. The normalized spacial score (nSPS) is 11.0. The van der Waals surface area contributed by atoms with Crippen molar-refractivity contribution in [1.82, 2.24) is 10.3 Å². The molecule has 0 saturated carbocycles. The molecular formula is C17H16F3N3O2. The SMILES string of the molecule is CC(=O)N(CC(=O)NCc1ccccn1)c1ccc(C(F)(F)F)cc1. The Kier molecular flexibility index (Phi) is 5.74. The first-order valence-electron chi connectivity index (χ1n) is 7.39. The van der Waals surface area contributed by atoms with Gasteiger partial charge in [0.25, 0.3) is 0 Å². The van der Waals surface area contributed by atoms with Crippen LogP contribution in [-0.4, -0.2) is 23.3 Å². The molecular weight excluding hydrogens is 335 g/mol. The summed E-state index contributed by atoms with van der Waals surface area (Å²) in [6.45, 7) is 1.13. The summed E-state index contributed by atoms with van der Waals surface area (Å²) in [4.78, 5) is 28.9. The van der Waals surface area contributed by atoms with Crippen molar-refractivity contribution in [2.45, 2.75) is 19.6 Å². The van der Waals surface area contributed by atoms with Crippen LogP contribution in [0.15, 0.2) is 48.7 Å². The Morgan fingerprint density at radius 1 is 1.12 bits per heavy atom. The molecule has 2 rings (SSSR count). The first kappa shape index (κ1) is 18.4. The molecule has 5 nitrogen and oxygen atoms in total. The highest BCUT2D eigenvalue weighted by atomic mass is 19.4. The van der Waals surface area contributed by atoms with Gasteiger partial charge < -0.3 is 10.2 Å². The minimum atomic E-state index is -4.46. The zero-order chi connectivity index (χ0) is 18.4. The smallest absolute Gasteiger partial charge is 0.349 e. The number of benzene rings is 1. The number of amides is 2. The Balaban J connectivity index is 2.03. The van der Waals surface area contributed by atoms with Gasteiger partial charge in [0, 0.05) is 18.8 Å². The summed E-state index contributed by atoms with van der Waals surface area (Å²) in [5, 5.41) is 2.61. The van der Waals surface area contributed by atoms with Crippen LogP contribution in [0, 0.1) is 0 Å². The quantitative estimate of drug-likeness (QED) is 0.901. The fraction of sp³-hybridized carbons (Fsp3) is 0.235. The Bertz CT molecular complexity index is 731. The first-order chi connectivity index (χ1) is 11.8. The van der Waals surface area contributed by atoms with Crippen molar-refractivity contribution in [1.29, 1.82) is 0 Å². The summed E-state index contributed by atoms with van der Waals surface area (Å²) in [6, 6.07) is 9.32. The lowest BCUT2D eigenvalue weighted by molar-refractivity contribution is -0.137. The predicted octanol–water partition coefficient (Wildman–Crippen LogP) is 2.77. The molecule has 0 atom stereocenters. The van der Waals surface area contributed by atoms with E-state index in [4.69, 9.17) is 0 Å². The second-order valence-corrected chi connectivity index (χ2v) is 5.25. The summed E-state index contributed by atoms with van der Waals surface area (Å²) < 4.78 is 37.8. The Morgan fingerprint density at radius 3 is 2.32 bits per heavy atom. The van der Waals surface area contributed by atoms with Crippen molar-refractivity contribution in [2.24, 2.45) is 0 Å². The molecule has 0 aliphatic rings. The molecule has 1 aromatic heterocycles. The highest BCUT2D eigenvalue weighted by Crippen LogP contribution is 2.30. The van der Waals surface area contributed by atoms with Crippen LogP contribution in [0.4, 0.5) is 18.9 Å². The summed E-state index contributed by atoms with van der Waals surface area (Å²) in [7, 11) is 0. The lowest BCUT2D eigenvalue weighted by atomic mass is 10.2. The number of rotatable bonds is 5. The van der Waals surface area contributed by atoms with Crippen LogP contribution >= 0.6 is 0 Å². The van der Waals surface area contributed by atoms with Gasteiger partial charge in [-0.25, -0.2) is 0 Å². The second kappa shape index (κ2) is 7.78. The van der Waals surface area contributed by atoms with Crippen LogP contribution in [-0.2, 0) is 22.3 Å². The molecule has 0 saturated heterocycles. The van der Waals surface area contributed by atoms with Gasteiger partial charge in [-0.3, -0.25) is 14.6 Å². The maximum atomic E-state index is 12.6. The lowest BCUT2D eigenvalue weighted by Gasteiger charge is -2.21. The maximum Gasteiger partial charge on any atom is 0.416 e. The highest BCUT2D eigenvalue weighted by Gasteiger charge is 2.30. The van der Waals surface area contributed by atoms with Gasteiger partial charge >= 0.3 is 6.18 Å². The maximum absolute atomic E-state index is 12.6. The summed E-state index contributed by atoms with van der Waals surface area (Å²) in [5.41, 5.74) is 0.0487. The van der Waals surface area contributed by atoms with E-state index in [1.54, 1.807) is 24.4 Å². The van der Waals surface area contributed by atoms with E-state index >= 15 is 0 Å². The number of halogens is 3. The number of hydrogen-bond acceptors (Lipinski definition) is 3. The number of aromatic nitrogens is 1. The van der Waals surface area contributed by atoms with E-state index < -0.39 is 23.6 Å². The molecule has 0 aliphatic heterocycles. The van der Waals surface area contributed by atoms with Crippen molar-refractivity contribution in [3.8, 4) is 0 Å². The predicted molar refractivity (Wildman–Crippen MR) is 85.6 cm³/mol. The van der Waals surface area contributed by atoms with E-state index in [1.807, 2.05) is 0 Å². The van der Waals surface area contributed by atoms with Crippen LogP contribution in [0.2, 0.25) is 0 Å². The zero-order valence-corrected chi connectivity index (χ0v) is 13.4. The second-order valence-electron chi connectivity index (χ2n) is 5.25. The molecule has 1 N–H and O–H groups in total. The molecule has 0 spiro atoms. The molecule has 2 aromatic rings. The molecule has 0 aliphatic carbocycles. The van der Waals surface area contributed by atoms with E-state index in [1.165, 1.54) is 6.92 Å². The largest absolute Gasteiger partial charge is 0.416 e. The number of carbonyl (C=O) groups excluding carboxylic acids is 2. The van der Waals surface area contributed by atoms with Gasteiger partial charge in [0.15, 0.2) is 0 Å². The molecule has 0 fully saturated rings. The third kappa shape index (κ3) is 5.30. The molecule has 0 bridgehead atoms. The zero-order valence-electron chi connectivity index (χ0n) is 13.4. The number of alkyl halides is 3. The van der Waals surface area contributed by atoms with Crippen molar-refractivity contribution in [3.63, 3.8) is 0 Å². The van der Waals surface area contributed by atoms with E-state index in [0.717, 1.165) is 29.2 Å². The van der Waals surface area contributed by atoms with Gasteiger partial charge in [-0.2, -0.15) is 13.2 Å². The molecule has 1 heterocycles. The molecule has 2 amide bonds. The van der Waals surface area contributed by atoms with Gasteiger partial charge in [-0.05, 0) is 36.4 Å². The van der Waals surface area contributed by atoms with Crippen molar-refractivity contribution in [3.05, 3.63) is 59.9 Å². The highest BCUT2D eigenvalue weighted by molar-refractivity contribution is 5.97. The van der Waals surface area contributed by atoms with E-state index in [0.29, 0.717) is 5.69 Å². The number of hydrogen-bond donors (Lipinski definition) is 1. The van der Waals surface area contributed by atoms with E-state index in [-0.39, 0.29) is 18.8 Å². The summed E-state index contributed by atoms with van der Waals surface area (Å²) in [5.74, 6) is -0.895. The first-order valence-corrected chi connectivity index (χ1v) is 7.39. The van der Waals surface area contributed by atoms with Crippen LogP contribution in [0.3, 0.4) is 0 Å². The fourth-order valence-corrected chi connectivity index (χ4v) is 2.11. The third-order valence-electron chi connectivity index (χ3n) is 3.38. The van der Waals surface area contributed by atoms with Crippen molar-refractivity contribution >= 4 is 17.5 Å². The van der Waals surface area contributed by atoms with Gasteiger partial charge in [0.2, 0.25) is 11.8 Å². The topological polar surface area (TPSA) is 62.3 Å². The lowest BCUT2D eigenvalue weighted by Crippen LogP contribution is -2.39. The van der Waals surface area contributed by atoms with Crippen LogP contribution < -0.4 is 10.2 Å². The van der Waals surface area contributed by atoms with Gasteiger partial charge in [0.05, 0.1) is 17.8 Å². The Hall–Kier alpha value is -2.90. The third-order valence-corrected chi connectivity index (χ3v) is 3.38. The van der Waals surface area contributed by atoms with E-state index in [9.17, 15) is 22.8 Å². The summed E-state index contributed by atoms with van der Waals surface area (Å²) >= 11 is 0. The molecule has 25 heavy (non-hydrogen) atoms. The average Bonchev–Trinajstić information content (AvgIpc) is 2.58. The molecule has 8 heteroatoms. The van der Waals surface area contributed by atoms with Crippen molar-refractivity contribution < 1.29 is 22.8 Å². The number of anilines is 1. The minimum absolute atomic E-state index is 0.193. The molecule has 1 aromatic carbocycles. The number of nitrogens with one attached hydrogen (secondary N) is 1. The summed E-state index contributed by atoms with van der Waals surface area (Å²) in [6.07, 6.45) is -2.87. The van der Waals surface area contributed by atoms with Crippen LogP contribution in [0.1, 0.15) is 18.2 Å². The monoisotopic (exact) mass is 351 g/mol. The Labute approximate surface area is 142 Å². The van der Waals surface area contributed by atoms with Gasteiger partial charge in [-0.15, -0.1) is 0 Å². The average molecular weight is 351 g/mol. The van der Waals surface area contributed by atoms with E-state index in [2.05, 4.69) is 10.3 Å². The van der Waals surface area contributed by atoms with Gasteiger partial charge in [0.1, 0.15) is 6.54 Å². The number of nitrogens with zero attached hydrogens (tertiary/aromatic N) is 2. The molecule has 132 valence electrons.